The molecule has 154 valence electrons. The van der Waals surface area contributed by atoms with E-state index in [0.717, 1.165) is 12.8 Å². The van der Waals surface area contributed by atoms with Gasteiger partial charge in [0.25, 0.3) is 11.8 Å². The van der Waals surface area contributed by atoms with Crippen LogP contribution in [0.25, 0.3) is 0 Å². The molecule has 1 N–H and O–H groups in total. The average molecular weight is 445 g/mol. The maximum Gasteiger partial charge on any atom is 0.286 e. The van der Waals surface area contributed by atoms with E-state index in [1.54, 1.807) is 35.2 Å². The number of amides is 2. The van der Waals surface area contributed by atoms with E-state index in [4.69, 9.17) is 11.6 Å². The van der Waals surface area contributed by atoms with Crippen LogP contribution in [0.5, 0.6) is 0 Å². The van der Waals surface area contributed by atoms with Gasteiger partial charge in [-0.2, -0.15) is 0 Å². The molecule has 0 saturated carbocycles. The van der Waals surface area contributed by atoms with Gasteiger partial charge in [-0.15, -0.1) is 10.2 Å². The standard InChI is InChI=1S/C21H18ClFN4O2S/c22-15-6-8-17(9-7-15)24-18(28)20-26-25-19(30-20)14-4-2-10-27(12-14)21(29)13-3-1-5-16(23)11-13/h1,3,5-9,11,14H,2,4,10,12H2,(H,24,28). The molecular formula is C21H18ClFN4O2S. The molecule has 1 saturated heterocycles. The zero-order chi connectivity index (χ0) is 21.1. The van der Waals surface area contributed by atoms with Crippen molar-refractivity contribution in [2.45, 2.75) is 18.8 Å². The van der Waals surface area contributed by atoms with E-state index in [1.807, 2.05) is 0 Å². The van der Waals surface area contributed by atoms with Gasteiger partial charge < -0.3 is 10.2 Å². The Morgan fingerprint density at radius 3 is 2.73 bits per heavy atom. The number of hydrogen-bond donors (Lipinski definition) is 1. The predicted octanol–water partition coefficient (Wildman–Crippen LogP) is 4.60. The third kappa shape index (κ3) is 4.66. The zero-order valence-corrected chi connectivity index (χ0v) is 17.4. The summed E-state index contributed by atoms with van der Waals surface area (Å²) < 4.78 is 13.5. The number of likely N-dealkylation sites (tertiary alicyclic amines) is 1. The van der Waals surface area contributed by atoms with E-state index in [1.165, 1.54) is 29.5 Å². The van der Waals surface area contributed by atoms with Gasteiger partial charge in [-0.05, 0) is 55.3 Å². The quantitative estimate of drug-likeness (QED) is 0.638. The van der Waals surface area contributed by atoms with Gasteiger partial charge in [0.2, 0.25) is 5.01 Å². The third-order valence-corrected chi connectivity index (χ3v) is 6.20. The molecule has 9 heteroatoms. The van der Waals surface area contributed by atoms with Crippen molar-refractivity contribution >= 4 is 40.4 Å². The number of anilines is 1. The number of piperidine rings is 1. The van der Waals surface area contributed by atoms with Crippen LogP contribution < -0.4 is 5.32 Å². The molecule has 0 spiro atoms. The molecule has 0 aliphatic carbocycles. The Hall–Kier alpha value is -2.84. The summed E-state index contributed by atoms with van der Waals surface area (Å²) in [5.41, 5.74) is 0.946. The molecule has 1 aliphatic heterocycles. The van der Waals surface area contributed by atoms with Crippen LogP contribution in [0.15, 0.2) is 48.5 Å². The molecule has 30 heavy (non-hydrogen) atoms. The molecule has 0 radical (unpaired) electrons. The first-order chi connectivity index (χ1) is 14.5. The second kappa shape index (κ2) is 8.89. The van der Waals surface area contributed by atoms with Crippen molar-refractivity contribution in [2.24, 2.45) is 0 Å². The second-order valence-corrected chi connectivity index (χ2v) is 8.45. The smallest absolute Gasteiger partial charge is 0.286 e. The molecule has 2 amide bonds. The summed E-state index contributed by atoms with van der Waals surface area (Å²) in [6.07, 6.45) is 1.65. The Labute approximate surface area is 181 Å². The largest absolute Gasteiger partial charge is 0.338 e. The first kappa shape index (κ1) is 20.4. The van der Waals surface area contributed by atoms with Crippen LogP contribution in [0.2, 0.25) is 5.02 Å². The molecule has 2 aromatic carbocycles. The normalized spacial score (nSPS) is 16.3. The van der Waals surface area contributed by atoms with Gasteiger partial charge in [0.15, 0.2) is 0 Å². The fourth-order valence-corrected chi connectivity index (χ4v) is 4.37. The highest BCUT2D eigenvalue weighted by molar-refractivity contribution is 7.13. The summed E-state index contributed by atoms with van der Waals surface area (Å²) in [6.45, 7) is 1.07. The van der Waals surface area contributed by atoms with E-state index in [-0.39, 0.29) is 22.7 Å². The molecular weight excluding hydrogens is 427 g/mol. The number of benzene rings is 2. The number of nitrogens with one attached hydrogen (secondary N) is 1. The van der Waals surface area contributed by atoms with Crippen LogP contribution in [0.1, 0.15) is 43.9 Å². The number of carbonyl (C=O) groups excluding carboxylic acids is 2. The van der Waals surface area contributed by atoms with Crippen molar-refractivity contribution in [2.75, 3.05) is 18.4 Å². The predicted molar refractivity (Wildman–Crippen MR) is 114 cm³/mol. The van der Waals surface area contributed by atoms with Crippen molar-refractivity contribution in [3.63, 3.8) is 0 Å². The van der Waals surface area contributed by atoms with Gasteiger partial charge in [0, 0.05) is 35.3 Å². The number of carbonyl (C=O) groups is 2. The Bertz CT molecular complexity index is 1070. The topological polar surface area (TPSA) is 75.2 Å². The fraction of sp³-hybridized carbons (Fsp3) is 0.238. The molecule has 1 atom stereocenters. The van der Waals surface area contributed by atoms with Crippen LogP contribution >= 0.6 is 22.9 Å². The minimum Gasteiger partial charge on any atom is -0.338 e. The molecule has 1 unspecified atom stereocenters. The maximum atomic E-state index is 13.5. The van der Waals surface area contributed by atoms with E-state index in [2.05, 4.69) is 15.5 Å². The van der Waals surface area contributed by atoms with Crippen molar-refractivity contribution in [1.82, 2.24) is 15.1 Å². The van der Waals surface area contributed by atoms with E-state index < -0.39 is 5.82 Å². The highest BCUT2D eigenvalue weighted by Gasteiger charge is 2.28. The van der Waals surface area contributed by atoms with Crippen LogP contribution in [0.3, 0.4) is 0 Å². The summed E-state index contributed by atoms with van der Waals surface area (Å²) in [4.78, 5) is 26.9. The van der Waals surface area contributed by atoms with Gasteiger partial charge in [-0.3, -0.25) is 9.59 Å². The van der Waals surface area contributed by atoms with Crippen molar-refractivity contribution in [1.29, 1.82) is 0 Å². The van der Waals surface area contributed by atoms with E-state index in [9.17, 15) is 14.0 Å². The SMILES string of the molecule is O=C(Nc1ccc(Cl)cc1)c1nnc(C2CCCN(C(=O)c3cccc(F)c3)C2)s1. The van der Waals surface area contributed by atoms with Crippen molar-refractivity contribution < 1.29 is 14.0 Å². The summed E-state index contributed by atoms with van der Waals surface area (Å²) in [5, 5.41) is 12.5. The second-order valence-electron chi connectivity index (χ2n) is 7.01. The lowest BCUT2D eigenvalue weighted by molar-refractivity contribution is 0.0706. The summed E-state index contributed by atoms with van der Waals surface area (Å²) in [7, 11) is 0. The van der Waals surface area contributed by atoms with Gasteiger partial charge >= 0.3 is 0 Å². The minimum absolute atomic E-state index is 0.00848. The highest BCUT2D eigenvalue weighted by atomic mass is 35.5. The van der Waals surface area contributed by atoms with Crippen LogP contribution in [0.4, 0.5) is 10.1 Å². The molecule has 1 aromatic heterocycles. The van der Waals surface area contributed by atoms with E-state index in [0.29, 0.717) is 34.4 Å². The van der Waals surface area contributed by atoms with Crippen LogP contribution in [0, 0.1) is 5.82 Å². The number of nitrogens with zero attached hydrogens (tertiary/aromatic N) is 3. The molecule has 1 fully saturated rings. The lowest BCUT2D eigenvalue weighted by atomic mass is 9.98. The van der Waals surface area contributed by atoms with Crippen molar-refractivity contribution in [3.8, 4) is 0 Å². The first-order valence-corrected chi connectivity index (χ1v) is 10.6. The van der Waals surface area contributed by atoms with Crippen LogP contribution in [-0.2, 0) is 0 Å². The summed E-state index contributed by atoms with van der Waals surface area (Å²) in [5.74, 6) is -0.991. The molecule has 2 heterocycles. The zero-order valence-electron chi connectivity index (χ0n) is 15.8. The minimum atomic E-state index is -0.435. The Morgan fingerprint density at radius 2 is 1.97 bits per heavy atom. The number of hydrogen-bond acceptors (Lipinski definition) is 5. The Kier molecular flexibility index (Phi) is 6.06. The highest BCUT2D eigenvalue weighted by Crippen LogP contribution is 2.30. The lowest BCUT2D eigenvalue weighted by Crippen LogP contribution is -2.39. The number of halogens is 2. The van der Waals surface area contributed by atoms with E-state index >= 15 is 0 Å². The van der Waals surface area contributed by atoms with Crippen molar-refractivity contribution in [3.05, 3.63) is 74.9 Å². The lowest BCUT2D eigenvalue weighted by Gasteiger charge is -2.31. The van der Waals surface area contributed by atoms with Gasteiger partial charge in [0.05, 0.1) is 0 Å². The molecule has 1 aliphatic rings. The van der Waals surface area contributed by atoms with Gasteiger partial charge in [0.1, 0.15) is 10.8 Å². The summed E-state index contributed by atoms with van der Waals surface area (Å²) >= 11 is 7.08. The molecule has 0 bridgehead atoms. The summed E-state index contributed by atoms with van der Waals surface area (Å²) in [6, 6.07) is 12.5. The Morgan fingerprint density at radius 1 is 1.17 bits per heavy atom. The van der Waals surface area contributed by atoms with Gasteiger partial charge in [-0.25, -0.2) is 4.39 Å². The molecule has 4 rings (SSSR count). The van der Waals surface area contributed by atoms with Gasteiger partial charge in [-0.1, -0.05) is 29.0 Å². The average Bonchev–Trinajstić information content (AvgIpc) is 3.25. The molecule has 6 nitrogen and oxygen atoms in total. The maximum absolute atomic E-state index is 13.5. The fourth-order valence-electron chi connectivity index (χ4n) is 3.38. The third-order valence-electron chi connectivity index (χ3n) is 4.87. The number of rotatable bonds is 4. The monoisotopic (exact) mass is 444 g/mol. The first-order valence-electron chi connectivity index (χ1n) is 9.45. The number of aromatic nitrogens is 2. The Balaban J connectivity index is 1.43. The molecule has 3 aromatic rings. The van der Waals surface area contributed by atoms with Crippen LogP contribution in [-0.4, -0.2) is 40.0 Å².